The van der Waals surface area contributed by atoms with Gasteiger partial charge < -0.3 is 9.30 Å². The Balaban J connectivity index is 1.25. The van der Waals surface area contributed by atoms with Crippen molar-refractivity contribution in [1.29, 1.82) is 5.41 Å². The highest BCUT2D eigenvalue weighted by Gasteiger charge is 2.36. The zero-order chi connectivity index (χ0) is 26.9. The number of aryl methyl sites for hydroxylation is 2. The summed E-state index contributed by atoms with van der Waals surface area (Å²) < 4.78 is 21.5. The van der Waals surface area contributed by atoms with Gasteiger partial charge in [0.25, 0.3) is 5.91 Å². The molecule has 0 saturated carbocycles. The second kappa shape index (κ2) is 10.4. The summed E-state index contributed by atoms with van der Waals surface area (Å²) in [4.78, 5) is 18.9. The molecule has 0 unspecified atom stereocenters. The van der Waals surface area contributed by atoms with E-state index in [1.54, 1.807) is 23.1 Å². The van der Waals surface area contributed by atoms with E-state index in [1.807, 2.05) is 61.0 Å². The number of nitrogens with zero attached hydrogens (tertiary/aromatic N) is 3. The highest BCUT2D eigenvalue weighted by atomic mass is 32.2. The van der Waals surface area contributed by atoms with Gasteiger partial charge in [0.05, 0.1) is 17.9 Å². The fraction of sp³-hybridized carbons (Fsp3) is 0.129. The minimum atomic E-state index is -0.448. The second-order valence-corrected chi connectivity index (χ2v) is 10.2. The summed E-state index contributed by atoms with van der Waals surface area (Å²) in [6.45, 7) is 3.37. The Hall–Kier alpha value is -4.43. The van der Waals surface area contributed by atoms with Gasteiger partial charge in [-0.2, -0.15) is 4.99 Å². The molecule has 0 saturated heterocycles. The number of nitrogens with one attached hydrogen (secondary N) is 1. The molecule has 0 aliphatic carbocycles. The maximum atomic E-state index is 13.5. The van der Waals surface area contributed by atoms with E-state index in [2.05, 4.69) is 15.6 Å². The topological polar surface area (TPSA) is 70.7 Å². The van der Waals surface area contributed by atoms with Crippen molar-refractivity contribution >= 4 is 51.3 Å². The lowest BCUT2D eigenvalue weighted by Crippen LogP contribution is -2.38. The first-order chi connectivity index (χ1) is 19.0. The number of para-hydroxylation sites is 1. The van der Waals surface area contributed by atoms with Crippen LogP contribution < -0.4 is 4.74 Å². The highest BCUT2D eigenvalue weighted by molar-refractivity contribution is 8.17. The highest BCUT2D eigenvalue weighted by Crippen LogP contribution is 2.38. The number of ether oxygens (including phenoxy) is 1. The van der Waals surface area contributed by atoms with Gasteiger partial charge in [0.15, 0.2) is 5.17 Å². The standard InChI is InChI=1S/C31H25FN4O2S/c1-20-7-13-24(14-8-20)38-16-4-15-35-18-22(25-5-2-3-6-27(25)35)17-26-29(33)36-28(19-39-31(36)34-30(26)37)21-9-11-23(32)12-10-21/h2-3,5-14,17-19,33H,4,15-16H2,1H3/b26-17+,33-29?. The summed E-state index contributed by atoms with van der Waals surface area (Å²) in [6.07, 6.45) is 4.57. The zero-order valence-corrected chi connectivity index (χ0v) is 22.0. The first kappa shape index (κ1) is 24.9. The van der Waals surface area contributed by atoms with Crippen LogP contribution in [0.25, 0.3) is 22.7 Å². The summed E-state index contributed by atoms with van der Waals surface area (Å²) in [5, 5.41) is 12.2. The van der Waals surface area contributed by atoms with Crippen molar-refractivity contribution in [3.63, 3.8) is 0 Å². The largest absolute Gasteiger partial charge is 0.494 e. The van der Waals surface area contributed by atoms with Gasteiger partial charge in [-0.05, 0) is 67.4 Å². The van der Waals surface area contributed by atoms with Crippen molar-refractivity contribution in [2.75, 3.05) is 6.61 Å². The van der Waals surface area contributed by atoms with Crippen molar-refractivity contribution in [3.05, 3.63) is 112 Å². The normalized spacial score (nSPS) is 16.1. The van der Waals surface area contributed by atoms with Crippen LogP contribution in [0.15, 0.2) is 95.0 Å². The molecule has 0 radical (unpaired) electrons. The number of aromatic nitrogens is 1. The van der Waals surface area contributed by atoms with E-state index in [9.17, 15) is 9.18 Å². The van der Waals surface area contributed by atoms with Crippen LogP contribution in [0.5, 0.6) is 5.75 Å². The van der Waals surface area contributed by atoms with Crippen LogP contribution in [-0.4, -0.2) is 33.0 Å². The molecule has 0 fully saturated rings. The SMILES string of the molecule is Cc1ccc(OCCCn2cc(/C=C3\C(=N)N4C(c5ccc(F)cc5)=CSC4=NC3=O)c3ccccc32)cc1. The number of fused-ring (bicyclic) bond motifs is 2. The Morgan fingerprint density at radius 1 is 1.05 bits per heavy atom. The molecule has 8 heteroatoms. The number of amidine groups is 2. The van der Waals surface area contributed by atoms with Gasteiger partial charge in [-0.1, -0.05) is 47.7 Å². The Morgan fingerprint density at radius 3 is 2.62 bits per heavy atom. The van der Waals surface area contributed by atoms with Crippen molar-refractivity contribution in [1.82, 2.24) is 9.47 Å². The number of thioether (sulfide) groups is 1. The van der Waals surface area contributed by atoms with Crippen molar-refractivity contribution in [3.8, 4) is 5.75 Å². The van der Waals surface area contributed by atoms with E-state index in [0.717, 1.165) is 40.7 Å². The van der Waals surface area contributed by atoms with Crippen LogP contribution in [0.1, 0.15) is 23.1 Å². The summed E-state index contributed by atoms with van der Waals surface area (Å²) in [5.74, 6) is 0.123. The second-order valence-electron chi connectivity index (χ2n) is 9.38. The number of hydrogen-bond donors (Lipinski definition) is 1. The van der Waals surface area contributed by atoms with E-state index in [-0.39, 0.29) is 17.2 Å². The molecule has 0 bridgehead atoms. The lowest BCUT2D eigenvalue weighted by Gasteiger charge is -2.26. The van der Waals surface area contributed by atoms with Crippen molar-refractivity contribution < 1.29 is 13.9 Å². The molecule has 0 spiro atoms. The predicted octanol–water partition coefficient (Wildman–Crippen LogP) is 6.86. The van der Waals surface area contributed by atoms with Gasteiger partial charge in [0, 0.05) is 34.6 Å². The molecule has 6 nitrogen and oxygen atoms in total. The summed E-state index contributed by atoms with van der Waals surface area (Å²) in [5.41, 5.74) is 4.73. The molecule has 2 aliphatic heterocycles. The average Bonchev–Trinajstić information content (AvgIpc) is 3.52. The first-order valence-electron chi connectivity index (χ1n) is 12.6. The summed E-state index contributed by atoms with van der Waals surface area (Å²) in [7, 11) is 0. The Morgan fingerprint density at radius 2 is 1.82 bits per heavy atom. The smallest absolute Gasteiger partial charge is 0.283 e. The maximum Gasteiger partial charge on any atom is 0.283 e. The zero-order valence-electron chi connectivity index (χ0n) is 21.2. The summed E-state index contributed by atoms with van der Waals surface area (Å²) >= 11 is 1.28. The Labute approximate surface area is 229 Å². The quantitative estimate of drug-likeness (QED) is 0.207. The fourth-order valence-electron chi connectivity index (χ4n) is 4.72. The molecule has 1 amide bonds. The number of rotatable bonds is 7. The van der Waals surface area contributed by atoms with Gasteiger partial charge in [0.2, 0.25) is 0 Å². The van der Waals surface area contributed by atoms with E-state index in [1.165, 1.54) is 29.5 Å². The Bertz CT molecular complexity index is 1680. The van der Waals surface area contributed by atoms with E-state index in [4.69, 9.17) is 10.1 Å². The average molecular weight is 537 g/mol. The lowest BCUT2D eigenvalue weighted by molar-refractivity contribution is -0.114. The molecule has 3 heterocycles. The monoisotopic (exact) mass is 536 g/mol. The molecular formula is C31H25FN4O2S. The van der Waals surface area contributed by atoms with Gasteiger partial charge in [-0.15, -0.1) is 0 Å². The lowest BCUT2D eigenvalue weighted by atomic mass is 10.1. The van der Waals surface area contributed by atoms with Crippen LogP contribution in [0.4, 0.5) is 4.39 Å². The minimum absolute atomic E-state index is 0.0499. The van der Waals surface area contributed by atoms with Crippen LogP contribution in [0.3, 0.4) is 0 Å². The molecule has 3 aromatic carbocycles. The molecule has 194 valence electrons. The summed E-state index contributed by atoms with van der Waals surface area (Å²) in [6, 6.07) is 22.1. The molecular weight excluding hydrogens is 511 g/mol. The third-order valence-corrected chi connectivity index (χ3v) is 7.53. The molecule has 4 aromatic rings. The van der Waals surface area contributed by atoms with Crippen molar-refractivity contribution in [2.45, 2.75) is 19.9 Å². The maximum absolute atomic E-state index is 13.5. The van der Waals surface area contributed by atoms with Gasteiger partial charge >= 0.3 is 0 Å². The number of amides is 1. The number of halogens is 1. The van der Waals surface area contributed by atoms with Gasteiger partial charge in [0.1, 0.15) is 17.4 Å². The molecule has 0 atom stereocenters. The fourth-order valence-corrected chi connectivity index (χ4v) is 5.61. The number of carbonyl (C=O) groups is 1. The third-order valence-electron chi connectivity index (χ3n) is 6.71. The molecule has 2 aliphatic rings. The number of carbonyl (C=O) groups excluding carboxylic acids is 1. The number of benzene rings is 3. The molecule has 6 rings (SSSR count). The minimum Gasteiger partial charge on any atom is -0.494 e. The van der Waals surface area contributed by atoms with Gasteiger partial charge in [-0.3, -0.25) is 15.1 Å². The molecule has 1 N–H and O–H groups in total. The predicted molar refractivity (Wildman–Crippen MR) is 155 cm³/mol. The van der Waals surface area contributed by atoms with Crippen molar-refractivity contribution in [2.24, 2.45) is 4.99 Å². The van der Waals surface area contributed by atoms with Crippen LogP contribution >= 0.6 is 11.8 Å². The number of hydrogen-bond acceptors (Lipinski definition) is 4. The third kappa shape index (κ3) is 4.91. The van der Waals surface area contributed by atoms with Gasteiger partial charge in [-0.25, -0.2) is 4.39 Å². The number of aliphatic imine (C=N–C) groups is 1. The van der Waals surface area contributed by atoms with E-state index >= 15 is 0 Å². The van der Waals surface area contributed by atoms with Crippen LogP contribution in [-0.2, 0) is 11.3 Å². The van der Waals surface area contributed by atoms with Crippen LogP contribution in [0, 0.1) is 18.2 Å². The van der Waals surface area contributed by atoms with E-state index < -0.39 is 5.91 Å². The molecule has 39 heavy (non-hydrogen) atoms. The van der Waals surface area contributed by atoms with E-state index in [0.29, 0.717) is 17.5 Å². The first-order valence-corrected chi connectivity index (χ1v) is 13.5. The van der Waals surface area contributed by atoms with Crippen LogP contribution in [0.2, 0.25) is 0 Å². The molecule has 1 aromatic heterocycles. The Kier molecular flexibility index (Phi) is 6.62.